The molecule has 0 spiro atoms. The Hall–Kier alpha value is -1.91. The molecule has 0 aliphatic rings. The fourth-order valence-electron chi connectivity index (χ4n) is 0.730. The SMILES string of the molecule is CC(=O)[O-].C[n+]1ccccc1C=NO. The van der Waals surface area contributed by atoms with Crippen LogP contribution in [0.15, 0.2) is 29.6 Å². The first-order chi connectivity index (χ1) is 6.57. The van der Waals surface area contributed by atoms with Gasteiger partial charge in [-0.1, -0.05) is 5.16 Å². The summed E-state index contributed by atoms with van der Waals surface area (Å²) in [5.74, 6) is -1.08. The molecule has 0 saturated carbocycles. The third kappa shape index (κ3) is 5.70. The van der Waals surface area contributed by atoms with E-state index in [4.69, 9.17) is 15.1 Å². The highest BCUT2D eigenvalue weighted by Crippen LogP contribution is 1.84. The van der Waals surface area contributed by atoms with Crippen molar-refractivity contribution in [3.8, 4) is 0 Å². The number of aromatic nitrogens is 1. The summed E-state index contributed by atoms with van der Waals surface area (Å²) >= 11 is 0. The maximum Gasteiger partial charge on any atom is 0.226 e. The monoisotopic (exact) mass is 196 g/mol. The fraction of sp³-hybridized carbons (Fsp3) is 0.222. The number of pyridine rings is 1. The smallest absolute Gasteiger partial charge is 0.226 e. The van der Waals surface area contributed by atoms with E-state index in [2.05, 4.69) is 5.16 Å². The number of hydrogen-bond donors (Lipinski definition) is 1. The van der Waals surface area contributed by atoms with Crippen LogP contribution in [-0.2, 0) is 11.8 Å². The highest BCUT2D eigenvalue weighted by Gasteiger charge is 1.98. The van der Waals surface area contributed by atoms with Crippen molar-refractivity contribution in [1.82, 2.24) is 0 Å². The highest BCUT2D eigenvalue weighted by atomic mass is 16.4. The minimum absolute atomic E-state index is 0.866. The van der Waals surface area contributed by atoms with Crippen molar-refractivity contribution in [1.29, 1.82) is 0 Å². The van der Waals surface area contributed by atoms with Crippen LogP contribution >= 0.6 is 0 Å². The summed E-state index contributed by atoms with van der Waals surface area (Å²) in [5, 5.41) is 20.0. The number of oxime groups is 1. The fourth-order valence-corrected chi connectivity index (χ4v) is 0.730. The molecule has 0 amide bonds. The normalized spacial score (nSPS) is 9.29. The molecule has 0 fully saturated rings. The number of carboxylic acid groups (broad SMARTS) is 1. The van der Waals surface area contributed by atoms with E-state index in [0.29, 0.717) is 0 Å². The zero-order chi connectivity index (χ0) is 11.0. The van der Waals surface area contributed by atoms with Crippen LogP contribution in [0.4, 0.5) is 0 Å². The first-order valence-electron chi connectivity index (χ1n) is 3.87. The quantitative estimate of drug-likeness (QED) is 0.273. The van der Waals surface area contributed by atoms with E-state index in [1.807, 2.05) is 36.0 Å². The summed E-state index contributed by atoms with van der Waals surface area (Å²) in [4.78, 5) is 8.89. The Morgan fingerprint density at radius 1 is 1.64 bits per heavy atom. The minimum Gasteiger partial charge on any atom is -0.550 e. The van der Waals surface area contributed by atoms with Gasteiger partial charge in [0, 0.05) is 18.1 Å². The van der Waals surface area contributed by atoms with E-state index in [-0.39, 0.29) is 0 Å². The van der Waals surface area contributed by atoms with E-state index in [9.17, 15) is 0 Å². The van der Waals surface area contributed by atoms with Crippen molar-refractivity contribution >= 4 is 12.2 Å². The van der Waals surface area contributed by atoms with Crippen LogP contribution in [0, 0.1) is 0 Å². The maximum absolute atomic E-state index is 8.89. The van der Waals surface area contributed by atoms with Gasteiger partial charge in [0.25, 0.3) is 0 Å². The van der Waals surface area contributed by atoms with Crippen LogP contribution in [0.5, 0.6) is 0 Å². The van der Waals surface area contributed by atoms with Gasteiger partial charge in [0.15, 0.2) is 6.20 Å². The van der Waals surface area contributed by atoms with E-state index in [1.54, 1.807) is 0 Å². The Kier molecular flexibility index (Phi) is 5.69. The lowest BCUT2D eigenvalue weighted by Crippen LogP contribution is -2.32. The highest BCUT2D eigenvalue weighted by molar-refractivity contribution is 5.74. The molecule has 0 bridgehead atoms. The number of aliphatic carboxylic acids is 1. The summed E-state index contributed by atoms with van der Waals surface area (Å²) < 4.78 is 1.86. The van der Waals surface area contributed by atoms with E-state index in [1.165, 1.54) is 6.21 Å². The van der Waals surface area contributed by atoms with Gasteiger partial charge in [-0.3, -0.25) is 0 Å². The molecule has 0 aliphatic carbocycles. The van der Waals surface area contributed by atoms with Crippen LogP contribution in [0.1, 0.15) is 12.6 Å². The number of nitrogens with zero attached hydrogens (tertiary/aromatic N) is 2. The zero-order valence-corrected chi connectivity index (χ0v) is 8.04. The molecule has 0 atom stereocenters. The van der Waals surface area contributed by atoms with Crippen LogP contribution in [0.25, 0.3) is 0 Å². The van der Waals surface area contributed by atoms with Crippen molar-refractivity contribution in [3.05, 3.63) is 30.1 Å². The van der Waals surface area contributed by atoms with Gasteiger partial charge in [-0.15, -0.1) is 0 Å². The number of carbonyl (C=O) groups is 1. The van der Waals surface area contributed by atoms with Gasteiger partial charge in [0.05, 0.1) is 0 Å². The Balaban J connectivity index is 0.000000364. The van der Waals surface area contributed by atoms with Gasteiger partial charge >= 0.3 is 0 Å². The van der Waals surface area contributed by atoms with Crippen molar-refractivity contribution < 1.29 is 19.7 Å². The first kappa shape index (κ1) is 12.1. The molecule has 1 aromatic rings. The lowest BCUT2D eigenvalue weighted by molar-refractivity contribution is -0.672. The number of rotatable bonds is 1. The Morgan fingerprint density at radius 3 is 2.64 bits per heavy atom. The third-order valence-corrected chi connectivity index (χ3v) is 1.29. The average Bonchev–Trinajstić information content (AvgIpc) is 2.08. The van der Waals surface area contributed by atoms with Crippen molar-refractivity contribution in [2.75, 3.05) is 0 Å². The number of carboxylic acids is 1. The van der Waals surface area contributed by atoms with E-state index < -0.39 is 5.97 Å². The minimum atomic E-state index is -1.08. The second-order valence-corrected chi connectivity index (χ2v) is 2.47. The summed E-state index contributed by atoms with van der Waals surface area (Å²) in [5.41, 5.74) is 0.866. The second kappa shape index (κ2) is 6.59. The van der Waals surface area contributed by atoms with Crippen molar-refractivity contribution in [2.24, 2.45) is 12.2 Å². The molecule has 5 heteroatoms. The predicted molar refractivity (Wildman–Crippen MR) is 47.7 cm³/mol. The molecular weight excluding hydrogens is 184 g/mol. The van der Waals surface area contributed by atoms with E-state index in [0.717, 1.165) is 12.6 Å². The molecule has 1 rings (SSSR count). The van der Waals surface area contributed by atoms with Crippen molar-refractivity contribution in [2.45, 2.75) is 6.92 Å². The van der Waals surface area contributed by atoms with Gasteiger partial charge in [0.2, 0.25) is 5.69 Å². The summed E-state index contributed by atoms with van der Waals surface area (Å²) in [7, 11) is 1.89. The zero-order valence-electron chi connectivity index (χ0n) is 8.04. The van der Waals surface area contributed by atoms with E-state index >= 15 is 0 Å². The molecule has 0 unspecified atom stereocenters. The van der Waals surface area contributed by atoms with Gasteiger partial charge in [-0.2, -0.15) is 0 Å². The predicted octanol–water partition coefficient (Wildman–Crippen LogP) is -0.925. The summed E-state index contributed by atoms with van der Waals surface area (Å²) in [6.45, 7) is 0.972. The Labute approximate surface area is 81.9 Å². The molecular formula is C9H12N2O3. The Morgan fingerprint density at radius 2 is 2.21 bits per heavy atom. The van der Waals surface area contributed by atoms with Crippen molar-refractivity contribution in [3.63, 3.8) is 0 Å². The molecule has 1 aromatic heterocycles. The topological polar surface area (TPSA) is 76.6 Å². The molecule has 0 aliphatic heterocycles. The second-order valence-electron chi connectivity index (χ2n) is 2.47. The maximum atomic E-state index is 8.89. The van der Waals surface area contributed by atoms with Crippen LogP contribution < -0.4 is 9.67 Å². The lowest BCUT2D eigenvalue weighted by Gasteiger charge is -1.88. The van der Waals surface area contributed by atoms with Crippen LogP contribution in [-0.4, -0.2) is 17.4 Å². The average molecular weight is 196 g/mol. The standard InChI is InChI=1S/C7H8N2O.C2H4O2/c1-9-5-3-2-4-7(9)6-8-10;1-2(3)4/h2-6H,1H3;1H3,(H,3,4). The van der Waals surface area contributed by atoms with Gasteiger partial charge in [-0.25, -0.2) is 4.57 Å². The van der Waals surface area contributed by atoms with Gasteiger partial charge < -0.3 is 15.1 Å². The molecule has 0 saturated heterocycles. The lowest BCUT2D eigenvalue weighted by atomic mass is 10.4. The van der Waals surface area contributed by atoms with Crippen LogP contribution in [0.3, 0.4) is 0 Å². The first-order valence-corrected chi connectivity index (χ1v) is 3.87. The van der Waals surface area contributed by atoms with Gasteiger partial charge in [0.1, 0.15) is 13.3 Å². The molecule has 76 valence electrons. The number of hydrogen-bond acceptors (Lipinski definition) is 4. The molecule has 1 N–H and O–H groups in total. The molecule has 0 aromatic carbocycles. The number of aryl methyl sites for hydroxylation is 1. The summed E-state index contributed by atoms with van der Waals surface area (Å²) in [6.07, 6.45) is 3.27. The Bertz CT molecular complexity index is 320. The number of carbonyl (C=O) groups excluding carboxylic acids is 1. The van der Waals surface area contributed by atoms with Gasteiger partial charge in [-0.05, 0) is 13.0 Å². The van der Waals surface area contributed by atoms with Crippen LogP contribution in [0.2, 0.25) is 0 Å². The molecule has 5 nitrogen and oxygen atoms in total. The summed E-state index contributed by atoms with van der Waals surface area (Å²) in [6, 6.07) is 5.66. The third-order valence-electron chi connectivity index (χ3n) is 1.29. The molecule has 14 heavy (non-hydrogen) atoms. The molecule has 0 radical (unpaired) electrons. The molecule has 1 heterocycles. The largest absolute Gasteiger partial charge is 0.550 e.